The van der Waals surface area contributed by atoms with Gasteiger partial charge in [0.25, 0.3) is 0 Å². The van der Waals surface area contributed by atoms with Crippen LogP contribution in [0.2, 0.25) is 0 Å². The van der Waals surface area contributed by atoms with E-state index in [0.717, 1.165) is 0 Å². The number of hydrogen-bond donors (Lipinski definition) is 0. The fourth-order valence-electron chi connectivity index (χ4n) is 0.220. The van der Waals surface area contributed by atoms with E-state index in [1.807, 2.05) is 0 Å². The Labute approximate surface area is 51.9 Å². The van der Waals surface area contributed by atoms with E-state index < -0.39 is 11.1 Å². The van der Waals surface area contributed by atoms with Crippen molar-refractivity contribution < 1.29 is 8.39 Å². The summed E-state index contributed by atoms with van der Waals surface area (Å²) in [5, 5.41) is 2.35. The van der Waals surface area contributed by atoms with Gasteiger partial charge in [-0.15, -0.1) is 0 Å². The highest BCUT2D eigenvalue weighted by molar-refractivity contribution is 7.85. The molecule has 0 aliphatic heterocycles. The molecule has 0 heterocycles. The van der Waals surface area contributed by atoms with Crippen LogP contribution in [0.3, 0.4) is 0 Å². The first kappa shape index (κ1) is 7.67. The van der Waals surface area contributed by atoms with Crippen LogP contribution in [0.5, 0.6) is 0 Å². The smallest absolute Gasteiger partial charge is 0.236 e. The van der Waals surface area contributed by atoms with Crippen molar-refractivity contribution in [3.63, 3.8) is 0 Å². The summed E-state index contributed by atoms with van der Waals surface area (Å²) < 4.78 is 14.9. The maximum absolute atomic E-state index is 10.4. The standard InChI is InChI=1S/C5H8O2S/c1-3-5-8(6)7-4-2/h4H2,1-2H3. The predicted molar refractivity (Wildman–Crippen MR) is 33.2 cm³/mol. The van der Waals surface area contributed by atoms with E-state index in [0.29, 0.717) is 6.61 Å². The number of rotatable bonds is 2. The normalized spacial score (nSPS) is 11.8. The van der Waals surface area contributed by atoms with Gasteiger partial charge >= 0.3 is 0 Å². The molecule has 0 radical (unpaired) electrons. The van der Waals surface area contributed by atoms with Gasteiger partial charge in [-0.05, 0) is 13.8 Å². The second-order valence-corrected chi connectivity index (χ2v) is 1.90. The zero-order chi connectivity index (χ0) is 6.41. The summed E-state index contributed by atoms with van der Waals surface area (Å²) >= 11 is -1.38. The van der Waals surface area contributed by atoms with Gasteiger partial charge in [-0.2, -0.15) is 0 Å². The third kappa shape index (κ3) is 3.85. The lowest BCUT2D eigenvalue weighted by molar-refractivity contribution is 0.378. The molecule has 0 saturated carbocycles. The van der Waals surface area contributed by atoms with Gasteiger partial charge in [0.1, 0.15) is 0 Å². The summed E-state index contributed by atoms with van der Waals surface area (Å²) in [6.45, 7) is 3.84. The van der Waals surface area contributed by atoms with Gasteiger partial charge in [0.15, 0.2) is 0 Å². The minimum atomic E-state index is -1.38. The van der Waals surface area contributed by atoms with Gasteiger partial charge in [-0.3, -0.25) is 4.18 Å². The van der Waals surface area contributed by atoms with Crippen LogP contribution in [0.1, 0.15) is 13.8 Å². The maximum Gasteiger partial charge on any atom is 0.236 e. The molecule has 2 nitrogen and oxygen atoms in total. The monoisotopic (exact) mass is 132 g/mol. The highest BCUT2D eigenvalue weighted by Crippen LogP contribution is 1.79. The Morgan fingerprint density at radius 1 is 1.75 bits per heavy atom. The lowest BCUT2D eigenvalue weighted by Crippen LogP contribution is -1.90. The molecular weight excluding hydrogens is 124 g/mol. The average Bonchev–Trinajstić information content (AvgIpc) is 1.68. The Kier molecular flexibility index (Phi) is 4.62. The van der Waals surface area contributed by atoms with E-state index in [9.17, 15) is 4.21 Å². The molecule has 1 unspecified atom stereocenters. The van der Waals surface area contributed by atoms with Crippen molar-refractivity contribution in [2.45, 2.75) is 13.8 Å². The first-order valence-corrected chi connectivity index (χ1v) is 3.36. The molecule has 0 spiro atoms. The van der Waals surface area contributed by atoms with E-state index in [2.05, 4.69) is 15.4 Å². The van der Waals surface area contributed by atoms with Gasteiger partial charge in [0.2, 0.25) is 11.1 Å². The molecule has 0 aromatic heterocycles. The molecule has 0 N–H and O–H groups in total. The van der Waals surface area contributed by atoms with Crippen molar-refractivity contribution in [2.24, 2.45) is 0 Å². The van der Waals surface area contributed by atoms with Crippen molar-refractivity contribution in [3.05, 3.63) is 0 Å². The highest BCUT2D eigenvalue weighted by atomic mass is 32.2. The van der Waals surface area contributed by atoms with Gasteiger partial charge in [-0.25, -0.2) is 4.21 Å². The lowest BCUT2D eigenvalue weighted by Gasteiger charge is -1.86. The molecular formula is C5H8O2S. The molecule has 8 heavy (non-hydrogen) atoms. The Balaban J connectivity index is 3.44. The second kappa shape index (κ2) is 4.82. The first-order valence-electron chi connectivity index (χ1n) is 2.28. The Bertz CT molecular complexity index is 131. The highest BCUT2D eigenvalue weighted by Gasteiger charge is 1.86. The molecule has 1 atom stereocenters. The molecule has 0 aromatic carbocycles. The molecule has 46 valence electrons. The third-order valence-corrected chi connectivity index (χ3v) is 1.23. The van der Waals surface area contributed by atoms with Gasteiger partial charge < -0.3 is 0 Å². The zero-order valence-electron chi connectivity index (χ0n) is 4.93. The van der Waals surface area contributed by atoms with Gasteiger partial charge in [0.05, 0.1) is 6.61 Å². The first-order chi connectivity index (χ1) is 3.81. The van der Waals surface area contributed by atoms with Crippen molar-refractivity contribution in [2.75, 3.05) is 6.61 Å². The van der Waals surface area contributed by atoms with Crippen LogP contribution < -0.4 is 0 Å². The van der Waals surface area contributed by atoms with Crippen LogP contribution in [0.15, 0.2) is 0 Å². The summed E-state index contributed by atoms with van der Waals surface area (Å²) in [6, 6.07) is 0. The molecule has 0 amide bonds. The van der Waals surface area contributed by atoms with Crippen molar-refractivity contribution in [1.82, 2.24) is 0 Å². The minimum Gasteiger partial charge on any atom is -0.281 e. The molecule has 0 rings (SSSR count). The van der Waals surface area contributed by atoms with E-state index in [1.165, 1.54) is 0 Å². The average molecular weight is 132 g/mol. The summed E-state index contributed by atoms with van der Waals surface area (Å²) in [5.74, 6) is 2.48. The third-order valence-electron chi connectivity index (χ3n) is 0.410. The van der Waals surface area contributed by atoms with Crippen LogP contribution in [0.4, 0.5) is 0 Å². The molecule has 0 saturated heterocycles. The minimum absolute atomic E-state index is 0.446. The Morgan fingerprint density at radius 2 is 2.38 bits per heavy atom. The SMILES string of the molecule is CC#CS(=O)OCC. The predicted octanol–water partition coefficient (Wildman–Crippen LogP) is 0.667. The van der Waals surface area contributed by atoms with Gasteiger partial charge in [-0.1, -0.05) is 5.92 Å². The topological polar surface area (TPSA) is 26.3 Å². The Morgan fingerprint density at radius 3 is 2.75 bits per heavy atom. The van der Waals surface area contributed by atoms with Crippen molar-refractivity contribution in [3.8, 4) is 11.2 Å². The second-order valence-electron chi connectivity index (χ2n) is 0.993. The summed E-state index contributed by atoms with van der Waals surface area (Å²) in [7, 11) is 0. The quantitative estimate of drug-likeness (QED) is 0.516. The molecule has 0 fully saturated rings. The van der Waals surface area contributed by atoms with E-state index in [1.54, 1.807) is 13.8 Å². The summed E-state index contributed by atoms with van der Waals surface area (Å²) in [4.78, 5) is 0. The van der Waals surface area contributed by atoms with E-state index in [4.69, 9.17) is 0 Å². The van der Waals surface area contributed by atoms with Crippen LogP contribution in [-0.2, 0) is 15.3 Å². The molecule has 0 aliphatic rings. The molecule has 0 aromatic rings. The maximum atomic E-state index is 10.4. The summed E-state index contributed by atoms with van der Waals surface area (Å²) in [6.07, 6.45) is 0. The largest absolute Gasteiger partial charge is 0.281 e. The molecule has 3 heteroatoms. The van der Waals surface area contributed by atoms with Crippen LogP contribution in [0.25, 0.3) is 0 Å². The van der Waals surface area contributed by atoms with Crippen LogP contribution in [-0.4, -0.2) is 10.8 Å². The molecule has 0 bridgehead atoms. The van der Waals surface area contributed by atoms with E-state index in [-0.39, 0.29) is 0 Å². The fourth-order valence-corrected chi connectivity index (χ4v) is 0.660. The fraction of sp³-hybridized carbons (Fsp3) is 0.600. The van der Waals surface area contributed by atoms with Gasteiger partial charge in [0, 0.05) is 5.25 Å². The number of hydrogen-bond acceptors (Lipinski definition) is 2. The van der Waals surface area contributed by atoms with Crippen LogP contribution >= 0.6 is 0 Å². The van der Waals surface area contributed by atoms with Crippen molar-refractivity contribution in [1.29, 1.82) is 0 Å². The Hall–Kier alpha value is -0.330. The van der Waals surface area contributed by atoms with Crippen molar-refractivity contribution >= 4 is 11.1 Å². The summed E-state index contributed by atoms with van der Waals surface area (Å²) in [5.41, 5.74) is 0. The molecule has 0 aliphatic carbocycles. The zero-order valence-corrected chi connectivity index (χ0v) is 5.75. The lowest BCUT2D eigenvalue weighted by atomic mass is 10.9. The van der Waals surface area contributed by atoms with Crippen LogP contribution in [0, 0.1) is 11.2 Å². The van der Waals surface area contributed by atoms with E-state index >= 15 is 0 Å².